The Kier molecular flexibility index (Phi) is 8.85. The first kappa shape index (κ1) is 28.1. The summed E-state index contributed by atoms with van der Waals surface area (Å²) < 4.78 is 135. The zero-order valence-corrected chi connectivity index (χ0v) is 16.2. The molecule has 0 radical (unpaired) electrons. The van der Waals surface area contributed by atoms with Crippen molar-refractivity contribution < 1.29 is 67.5 Å². The largest absolute Gasteiger partial charge is 0.468 e. The Balaban J connectivity index is 5.66. The van der Waals surface area contributed by atoms with Gasteiger partial charge in [-0.2, -0.15) is 39.2 Å². The highest BCUT2D eigenvalue weighted by molar-refractivity contribution is 7.87. The molecule has 0 aliphatic carbocycles. The van der Waals surface area contributed by atoms with E-state index in [1.54, 1.807) is 0 Å². The molecule has 0 aliphatic rings. The van der Waals surface area contributed by atoms with Gasteiger partial charge in [0.25, 0.3) is 0 Å². The van der Waals surface area contributed by atoms with Gasteiger partial charge in [0.05, 0.1) is 12.7 Å². The molecule has 0 spiro atoms. The van der Waals surface area contributed by atoms with Crippen LogP contribution in [0.2, 0.25) is 0 Å². The SMILES string of the molecule is C=CC(=O)OC(OCCCC(F)(F)C(F)(F)S(=O)(=O)O)(C(=O)OC(C)C)C(F)(F)F. The molecule has 0 amide bonds. The maximum atomic E-state index is 13.5. The molecule has 0 saturated carbocycles. The van der Waals surface area contributed by atoms with Crippen LogP contribution in [0.1, 0.15) is 26.7 Å². The molecule has 176 valence electrons. The highest BCUT2D eigenvalue weighted by atomic mass is 32.2. The molecule has 0 aromatic carbocycles. The van der Waals surface area contributed by atoms with Crippen molar-refractivity contribution in [3.05, 3.63) is 12.7 Å². The van der Waals surface area contributed by atoms with Gasteiger partial charge in [0.1, 0.15) is 0 Å². The molecular weight excluding hydrogens is 461 g/mol. The van der Waals surface area contributed by atoms with Crippen LogP contribution in [0, 0.1) is 0 Å². The molecule has 0 fully saturated rings. The third kappa shape index (κ3) is 6.28. The summed E-state index contributed by atoms with van der Waals surface area (Å²) in [6.07, 6.45) is -10.3. The highest BCUT2D eigenvalue weighted by Gasteiger charge is 2.68. The van der Waals surface area contributed by atoms with Crippen LogP contribution in [-0.2, 0) is 33.9 Å². The molecule has 0 rings (SSSR count). The fourth-order valence-electron chi connectivity index (χ4n) is 1.70. The molecule has 8 nitrogen and oxygen atoms in total. The molecule has 16 heteroatoms. The average molecular weight is 478 g/mol. The molecule has 1 atom stereocenters. The van der Waals surface area contributed by atoms with Crippen LogP contribution in [0.5, 0.6) is 0 Å². The number of ether oxygens (including phenoxy) is 3. The molecule has 0 saturated heterocycles. The van der Waals surface area contributed by atoms with Gasteiger partial charge in [-0.25, -0.2) is 9.59 Å². The van der Waals surface area contributed by atoms with Crippen LogP contribution < -0.4 is 0 Å². The van der Waals surface area contributed by atoms with Crippen LogP contribution in [0.25, 0.3) is 0 Å². The summed E-state index contributed by atoms with van der Waals surface area (Å²) in [6, 6.07) is 0. The second-order valence-corrected chi connectivity index (χ2v) is 7.30. The van der Waals surface area contributed by atoms with E-state index < -0.39 is 70.7 Å². The number of hydrogen-bond donors (Lipinski definition) is 1. The predicted molar refractivity (Wildman–Crippen MR) is 82.9 cm³/mol. The highest BCUT2D eigenvalue weighted by Crippen LogP contribution is 2.42. The molecule has 0 heterocycles. The second kappa shape index (κ2) is 9.47. The third-order valence-electron chi connectivity index (χ3n) is 3.09. The molecule has 30 heavy (non-hydrogen) atoms. The van der Waals surface area contributed by atoms with E-state index in [9.17, 15) is 48.7 Å². The Hall–Kier alpha value is -1.94. The monoisotopic (exact) mass is 478 g/mol. The first-order valence-electron chi connectivity index (χ1n) is 7.75. The van der Waals surface area contributed by atoms with E-state index >= 15 is 0 Å². The Morgan fingerprint density at radius 1 is 1.10 bits per heavy atom. The lowest BCUT2D eigenvalue weighted by Crippen LogP contribution is -2.58. The van der Waals surface area contributed by atoms with Gasteiger partial charge in [-0.15, -0.1) is 0 Å². The summed E-state index contributed by atoms with van der Waals surface area (Å²) in [5.74, 6) is -14.0. The van der Waals surface area contributed by atoms with Crippen LogP contribution in [-0.4, -0.2) is 60.8 Å². The lowest BCUT2D eigenvalue weighted by atomic mass is 10.2. The minimum atomic E-state index is -6.55. The molecular formula is C14H17F7O8S. The van der Waals surface area contributed by atoms with Crippen LogP contribution in [0.4, 0.5) is 30.7 Å². The second-order valence-electron chi connectivity index (χ2n) is 5.84. The van der Waals surface area contributed by atoms with E-state index in [-0.39, 0.29) is 6.08 Å². The molecule has 1 unspecified atom stereocenters. The number of esters is 2. The van der Waals surface area contributed by atoms with E-state index in [4.69, 9.17) is 4.55 Å². The van der Waals surface area contributed by atoms with Gasteiger partial charge in [-0.1, -0.05) is 6.58 Å². The fourth-order valence-corrected chi connectivity index (χ4v) is 2.18. The summed E-state index contributed by atoms with van der Waals surface area (Å²) >= 11 is 0. The Labute approximate surface area is 165 Å². The van der Waals surface area contributed by atoms with Gasteiger partial charge < -0.3 is 14.2 Å². The van der Waals surface area contributed by atoms with Gasteiger partial charge >= 0.3 is 45.2 Å². The van der Waals surface area contributed by atoms with Crippen LogP contribution in [0.3, 0.4) is 0 Å². The zero-order valence-electron chi connectivity index (χ0n) is 15.3. The Morgan fingerprint density at radius 2 is 1.60 bits per heavy atom. The van der Waals surface area contributed by atoms with Gasteiger partial charge in [0.15, 0.2) is 0 Å². The van der Waals surface area contributed by atoms with Gasteiger partial charge in [0, 0.05) is 12.5 Å². The van der Waals surface area contributed by atoms with Crippen molar-refractivity contribution in [3.63, 3.8) is 0 Å². The number of rotatable bonds is 11. The summed E-state index contributed by atoms with van der Waals surface area (Å²) in [4.78, 5) is 23.2. The number of carbonyl (C=O) groups excluding carboxylic acids is 2. The first-order chi connectivity index (χ1) is 13.2. The maximum absolute atomic E-state index is 13.5. The Morgan fingerprint density at radius 3 is 1.97 bits per heavy atom. The van der Waals surface area contributed by atoms with Crippen molar-refractivity contribution in [2.45, 2.75) is 55.9 Å². The topological polar surface area (TPSA) is 116 Å². The lowest BCUT2D eigenvalue weighted by molar-refractivity contribution is -0.355. The summed E-state index contributed by atoms with van der Waals surface area (Å²) in [5, 5.41) is -5.95. The van der Waals surface area contributed by atoms with Crippen LogP contribution in [0.15, 0.2) is 12.7 Å². The van der Waals surface area contributed by atoms with Gasteiger partial charge in [0.2, 0.25) is 0 Å². The third-order valence-corrected chi connectivity index (χ3v) is 4.03. The average Bonchev–Trinajstić information content (AvgIpc) is 2.54. The van der Waals surface area contributed by atoms with Crippen molar-refractivity contribution in [1.29, 1.82) is 0 Å². The molecule has 0 bridgehead atoms. The molecule has 0 aliphatic heterocycles. The maximum Gasteiger partial charge on any atom is 0.468 e. The van der Waals surface area contributed by atoms with E-state index in [2.05, 4.69) is 20.8 Å². The van der Waals surface area contributed by atoms with Crippen molar-refractivity contribution in [1.82, 2.24) is 0 Å². The lowest BCUT2D eigenvalue weighted by Gasteiger charge is -2.32. The summed E-state index contributed by atoms with van der Waals surface area (Å²) in [5.41, 5.74) is 0. The fraction of sp³-hybridized carbons (Fsp3) is 0.714. The quantitative estimate of drug-likeness (QED) is 0.120. The molecule has 0 aromatic heterocycles. The standard InChI is InChI=1S/C14H17F7O8S/c1-4-9(22)29-12(13(17,18)19,10(23)28-8(2)3)27-7-5-6-11(15,16)14(20,21)30(24,25)26/h4,8H,1,5-7H2,2-3H3,(H,24,25,26). The first-order valence-corrected chi connectivity index (χ1v) is 9.19. The van der Waals surface area contributed by atoms with Crippen molar-refractivity contribution in [2.75, 3.05) is 6.61 Å². The van der Waals surface area contributed by atoms with Crippen molar-refractivity contribution in [3.8, 4) is 0 Å². The number of hydrogen-bond acceptors (Lipinski definition) is 7. The predicted octanol–water partition coefficient (Wildman–Crippen LogP) is 2.84. The Bertz CT molecular complexity index is 748. The van der Waals surface area contributed by atoms with Crippen molar-refractivity contribution in [2.24, 2.45) is 0 Å². The molecule has 1 N–H and O–H groups in total. The van der Waals surface area contributed by atoms with Gasteiger partial charge in [-0.3, -0.25) is 4.55 Å². The minimum Gasteiger partial charge on any atom is -0.458 e. The van der Waals surface area contributed by atoms with E-state index in [1.807, 2.05) is 0 Å². The van der Waals surface area contributed by atoms with E-state index in [1.165, 1.54) is 0 Å². The molecule has 0 aromatic rings. The smallest absolute Gasteiger partial charge is 0.458 e. The number of alkyl halides is 7. The number of carbonyl (C=O) groups is 2. The summed E-state index contributed by atoms with van der Waals surface area (Å²) in [7, 11) is -6.55. The van der Waals surface area contributed by atoms with Gasteiger partial charge in [-0.05, 0) is 20.3 Å². The van der Waals surface area contributed by atoms with E-state index in [0.717, 1.165) is 13.8 Å². The minimum absolute atomic E-state index is 0.216. The van der Waals surface area contributed by atoms with E-state index in [0.29, 0.717) is 0 Å². The normalized spacial score (nSPS) is 15.4. The van der Waals surface area contributed by atoms with Crippen molar-refractivity contribution >= 4 is 22.1 Å². The summed E-state index contributed by atoms with van der Waals surface area (Å²) in [6.45, 7) is 3.50. The zero-order chi connectivity index (χ0) is 24.2. The van der Waals surface area contributed by atoms with Crippen LogP contribution >= 0.6 is 0 Å². The number of halogens is 7.